The van der Waals surface area contributed by atoms with Crippen molar-refractivity contribution in [1.82, 2.24) is 0 Å². The van der Waals surface area contributed by atoms with Gasteiger partial charge in [0.1, 0.15) is 12.4 Å². The van der Waals surface area contributed by atoms with Crippen LogP contribution in [0.25, 0.3) is 0 Å². The molecular formula is C11H13NO4. The van der Waals surface area contributed by atoms with Gasteiger partial charge in [0.05, 0.1) is 4.92 Å². The molecule has 0 aromatic heterocycles. The Labute approximate surface area is 93.2 Å². The van der Waals surface area contributed by atoms with E-state index in [1.807, 2.05) is 0 Å². The van der Waals surface area contributed by atoms with Crippen LogP contribution in [-0.4, -0.2) is 17.3 Å². The number of nitro benzene ring substituents is 1. The zero-order valence-corrected chi connectivity index (χ0v) is 9.44. The van der Waals surface area contributed by atoms with Crippen LogP contribution in [0.1, 0.15) is 18.1 Å². The third kappa shape index (κ3) is 2.79. The number of ketones is 1. The smallest absolute Gasteiger partial charge is 0.270 e. The number of hydrogen-bond donors (Lipinski definition) is 0. The van der Waals surface area contributed by atoms with E-state index in [0.717, 1.165) is 0 Å². The maximum atomic E-state index is 10.8. The third-order valence-electron chi connectivity index (χ3n) is 2.08. The van der Waals surface area contributed by atoms with Crippen molar-refractivity contribution in [2.24, 2.45) is 0 Å². The van der Waals surface area contributed by atoms with Crippen LogP contribution in [-0.2, 0) is 4.79 Å². The number of nitrogens with zero attached hydrogens (tertiary/aromatic N) is 1. The predicted octanol–water partition coefficient (Wildman–Crippen LogP) is 2.18. The lowest BCUT2D eigenvalue weighted by Crippen LogP contribution is -2.08. The zero-order chi connectivity index (χ0) is 12.3. The Hall–Kier alpha value is -1.91. The number of non-ortho nitro benzene ring substituents is 1. The molecule has 0 unspecified atom stereocenters. The number of benzene rings is 1. The molecule has 0 bridgehead atoms. The minimum atomic E-state index is -0.450. The SMILES string of the molecule is CC(=O)COc1c(C)cc([N+](=O)[O-])cc1C. The molecule has 0 atom stereocenters. The molecule has 1 rings (SSSR count). The summed E-state index contributed by atoms with van der Waals surface area (Å²) >= 11 is 0. The second-order valence-corrected chi connectivity index (χ2v) is 3.66. The molecule has 0 saturated carbocycles. The van der Waals surface area contributed by atoms with Crippen molar-refractivity contribution in [2.75, 3.05) is 6.61 Å². The van der Waals surface area contributed by atoms with Crippen LogP contribution in [0.15, 0.2) is 12.1 Å². The summed E-state index contributed by atoms with van der Waals surface area (Å²) in [5.41, 5.74) is 1.35. The van der Waals surface area contributed by atoms with Gasteiger partial charge in [0.25, 0.3) is 5.69 Å². The summed E-state index contributed by atoms with van der Waals surface area (Å²) in [5, 5.41) is 10.6. The molecule has 0 aliphatic carbocycles. The highest BCUT2D eigenvalue weighted by atomic mass is 16.6. The molecule has 1 aromatic carbocycles. The van der Waals surface area contributed by atoms with Crippen LogP contribution in [0, 0.1) is 24.0 Å². The zero-order valence-electron chi connectivity index (χ0n) is 9.44. The van der Waals surface area contributed by atoms with Crippen LogP contribution in [0.2, 0.25) is 0 Å². The molecule has 0 heterocycles. The van der Waals surface area contributed by atoms with Gasteiger partial charge in [0, 0.05) is 12.1 Å². The number of nitro groups is 1. The lowest BCUT2D eigenvalue weighted by Gasteiger charge is -2.10. The van der Waals surface area contributed by atoms with Gasteiger partial charge in [-0.25, -0.2) is 0 Å². The fraction of sp³-hybridized carbons (Fsp3) is 0.364. The van der Waals surface area contributed by atoms with E-state index in [1.54, 1.807) is 13.8 Å². The van der Waals surface area contributed by atoms with Crippen LogP contribution < -0.4 is 4.74 Å². The summed E-state index contributed by atoms with van der Waals surface area (Å²) in [5.74, 6) is 0.456. The Kier molecular flexibility index (Phi) is 3.60. The third-order valence-corrected chi connectivity index (χ3v) is 2.08. The Morgan fingerprint density at radius 2 is 1.88 bits per heavy atom. The second-order valence-electron chi connectivity index (χ2n) is 3.66. The van der Waals surface area contributed by atoms with Crippen LogP contribution >= 0.6 is 0 Å². The molecular weight excluding hydrogens is 210 g/mol. The van der Waals surface area contributed by atoms with Crippen LogP contribution in [0.3, 0.4) is 0 Å². The second kappa shape index (κ2) is 4.74. The van der Waals surface area contributed by atoms with E-state index in [9.17, 15) is 14.9 Å². The lowest BCUT2D eigenvalue weighted by atomic mass is 10.1. The average Bonchev–Trinajstić information content (AvgIpc) is 2.15. The van der Waals surface area contributed by atoms with Crippen molar-refractivity contribution in [3.63, 3.8) is 0 Å². The number of hydrogen-bond acceptors (Lipinski definition) is 4. The van der Waals surface area contributed by atoms with Gasteiger partial charge in [0.2, 0.25) is 0 Å². The summed E-state index contributed by atoms with van der Waals surface area (Å²) in [6.07, 6.45) is 0. The molecule has 1 aromatic rings. The molecule has 0 fully saturated rings. The monoisotopic (exact) mass is 223 g/mol. The van der Waals surface area contributed by atoms with Gasteiger partial charge >= 0.3 is 0 Å². The summed E-state index contributed by atoms with van der Waals surface area (Å²) in [4.78, 5) is 20.9. The Morgan fingerprint density at radius 3 is 2.25 bits per heavy atom. The standard InChI is InChI=1S/C11H13NO4/c1-7-4-10(12(14)15)5-8(2)11(7)16-6-9(3)13/h4-5H,6H2,1-3H3. The predicted molar refractivity (Wildman–Crippen MR) is 58.7 cm³/mol. The fourth-order valence-electron chi connectivity index (χ4n) is 1.43. The molecule has 0 radical (unpaired) electrons. The van der Waals surface area contributed by atoms with Gasteiger partial charge in [-0.2, -0.15) is 0 Å². The quantitative estimate of drug-likeness (QED) is 0.579. The first kappa shape index (κ1) is 12.2. The minimum Gasteiger partial charge on any atom is -0.485 e. The molecule has 0 saturated heterocycles. The van der Waals surface area contributed by atoms with E-state index < -0.39 is 4.92 Å². The molecule has 5 nitrogen and oxygen atoms in total. The number of rotatable bonds is 4. The maximum Gasteiger partial charge on any atom is 0.270 e. The van der Waals surface area contributed by atoms with Crippen molar-refractivity contribution >= 4 is 11.5 Å². The number of carbonyl (C=O) groups excluding carboxylic acids is 1. The Bertz CT molecular complexity index is 417. The highest BCUT2D eigenvalue weighted by Gasteiger charge is 2.13. The molecule has 0 N–H and O–H groups in total. The van der Waals surface area contributed by atoms with Gasteiger partial charge < -0.3 is 4.74 Å². The number of aryl methyl sites for hydroxylation is 2. The molecule has 0 aliphatic heterocycles. The first-order valence-corrected chi connectivity index (χ1v) is 4.79. The number of carbonyl (C=O) groups is 1. The van der Waals surface area contributed by atoms with Crippen molar-refractivity contribution in [3.05, 3.63) is 33.4 Å². The maximum absolute atomic E-state index is 10.8. The molecule has 0 aliphatic rings. The summed E-state index contributed by atoms with van der Waals surface area (Å²) < 4.78 is 5.29. The van der Waals surface area contributed by atoms with Crippen LogP contribution in [0.4, 0.5) is 5.69 Å². The summed E-state index contributed by atoms with van der Waals surface area (Å²) in [7, 11) is 0. The normalized spacial score (nSPS) is 9.94. The van der Waals surface area contributed by atoms with Gasteiger partial charge in [-0.1, -0.05) is 0 Å². The van der Waals surface area contributed by atoms with E-state index in [-0.39, 0.29) is 18.1 Å². The van der Waals surface area contributed by atoms with Gasteiger partial charge in [-0.3, -0.25) is 14.9 Å². The number of Topliss-reactive ketones (excluding diaryl/α,β-unsaturated/α-hetero) is 1. The van der Waals surface area contributed by atoms with Gasteiger partial charge in [0.15, 0.2) is 5.78 Å². The number of ether oxygens (including phenoxy) is 1. The fourth-order valence-corrected chi connectivity index (χ4v) is 1.43. The van der Waals surface area contributed by atoms with E-state index in [1.165, 1.54) is 19.1 Å². The van der Waals surface area contributed by atoms with Crippen molar-refractivity contribution in [3.8, 4) is 5.75 Å². The van der Waals surface area contributed by atoms with Crippen molar-refractivity contribution in [2.45, 2.75) is 20.8 Å². The highest BCUT2D eigenvalue weighted by molar-refractivity contribution is 5.77. The molecule has 0 spiro atoms. The van der Waals surface area contributed by atoms with Crippen LogP contribution in [0.5, 0.6) is 5.75 Å². The lowest BCUT2D eigenvalue weighted by molar-refractivity contribution is -0.385. The van der Waals surface area contributed by atoms with E-state index in [2.05, 4.69) is 0 Å². The highest BCUT2D eigenvalue weighted by Crippen LogP contribution is 2.28. The first-order chi connectivity index (χ1) is 7.41. The topological polar surface area (TPSA) is 69.4 Å². The Morgan fingerprint density at radius 1 is 1.38 bits per heavy atom. The van der Waals surface area contributed by atoms with E-state index >= 15 is 0 Å². The van der Waals surface area contributed by atoms with Crippen molar-refractivity contribution < 1.29 is 14.5 Å². The summed E-state index contributed by atoms with van der Waals surface area (Å²) in [6, 6.07) is 2.87. The summed E-state index contributed by atoms with van der Waals surface area (Å²) in [6.45, 7) is 4.85. The Balaban J connectivity index is 3.03. The molecule has 0 amide bonds. The molecule has 16 heavy (non-hydrogen) atoms. The largest absolute Gasteiger partial charge is 0.485 e. The van der Waals surface area contributed by atoms with Gasteiger partial charge in [-0.05, 0) is 31.9 Å². The van der Waals surface area contributed by atoms with Gasteiger partial charge in [-0.15, -0.1) is 0 Å². The average molecular weight is 223 g/mol. The van der Waals surface area contributed by atoms with E-state index in [0.29, 0.717) is 16.9 Å². The molecule has 86 valence electrons. The minimum absolute atomic E-state index is 0.0144. The molecule has 5 heteroatoms. The first-order valence-electron chi connectivity index (χ1n) is 4.79. The van der Waals surface area contributed by atoms with Crippen molar-refractivity contribution in [1.29, 1.82) is 0 Å². The van der Waals surface area contributed by atoms with E-state index in [4.69, 9.17) is 4.74 Å².